The van der Waals surface area contributed by atoms with E-state index in [2.05, 4.69) is 15.5 Å². The summed E-state index contributed by atoms with van der Waals surface area (Å²) in [5.41, 5.74) is 6.19. The lowest BCUT2D eigenvalue weighted by Gasteiger charge is -2.08. The molecule has 2 aromatic rings. The van der Waals surface area contributed by atoms with E-state index in [1.54, 1.807) is 16.8 Å². The van der Waals surface area contributed by atoms with Gasteiger partial charge in [0.15, 0.2) is 9.84 Å². The van der Waals surface area contributed by atoms with Crippen LogP contribution in [0.25, 0.3) is 0 Å². The van der Waals surface area contributed by atoms with E-state index >= 15 is 0 Å². The molecule has 7 nitrogen and oxygen atoms in total. The molecule has 2 N–H and O–H groups in total. The van der Waals surface area contributed by atoms with Gasteiger partial charge in [0.2, 0.25) is 5.16 Å². The van der Waals surface area contributed by atoms with Gasteiger partial charge in [-0.05, 0) is 47.2 Å². The zero-order chi connectivity index (χ0) is 14.3. The molecule has 0 radical (unpaired) electrons. The highest BCUT2D eigenvalue weighted by molar-refractivity contribution is 7.99. The number of para-hydroxylation sites is 1. The third kappa shape index (κ3) is 2.50. The number of aromatic nitrogens is 4. The van der Waals surface area contributed by atoms with Crippen LogP contribution in [0.15, 0.2) is 33.1 Å². The molecule has 1 heterocycles. The number of tetrazole rings is 1. The highest BCUT2D eigenvalue weighted by Gasteiger charge is 2.28. The first-order chi connectivity index (χ1) is 9.47. The largest absolute Gasteiger partial charge is 0.397 e. The molecule has 0 spiro atoms. The fraction of sp³-hybridized carbons (Fsp3) is 0.364. The summed E-state index contributed by atoms with van der Waals surface area (Å²) >= 11 is 1.28. The summed E-state index contributed by atoms with van der Waals surface area (Å²) in [5, 5.41) is 12.2. The van der Waals surface area contributed by atoms with E-state index in [0.717, 1.165) is 19.1 Å². The summed E-state index contributed by atoms with van der Waals surface area (Å²) in [6.07, 6.45) is 3.27. The number of nitrogens with zero attached hydrogens (tertiary/aromatic N) is 4. The Hall–Kier alpha value is -1.61. The van der Waals surface area contributed by atoms with Gasteiger partial charge in [-0.1, -0.05) is 6.07 Å². The monoisotopic (exact) mass is 311 g/mol. The van der Waals surface area contributed by atoms with Gasteiger partial charge in [0.25, 0.3) is 0 Å². The van der Waals surface area contributed by atoms with Gasteiger partial charge >= 0.3 is 0 Å². The van der Waals surface area contributed by atoms with Crippen molar-refractivity contribution >= 4 is 27.3 Å². The first kappa shape index (κ1) is 13.4. The van der Waals surface area contributed by atoms with E-state index in [9.17, 15) is 8.42 Å². The quantitative estimate of drug-likeness (QED) is 0.844. The van der Waals surface area contributed by atoms with Crippen LogP contribution in [-0.4, -0.2) is 34.9 Å². The van der Waals surface area contributed by atoms with Gasteiger partial charge in [-0.2, -0.15) is 0 Å². The van der Waals surface area contributed by atoms with Crippen molar-refractivity contribution in [1.82, 2.24) is 20.2 Å². The zero-order valence-electron chi connectivity index (χ0n) is 10.7. The molecule has 0 unspecified atom stereocenters. The maximum absolute atomic E-state index is 11.7. The molecule has 0 atom stereocenters. The van der Waals surface area contributed by atoms with Gasteiger partial charge in [-0.3, -0.25) is 0 Å². The van der Waals surface area contributed by atoms with E-state index in [1.807, 2.05) is 0 Å². The number of anilines is 1. The number of sulfone groups is 1. The molecular weight excluding hydrogens is 298 g/mol. The molecule has 1 saturated carbocycles. The van der Waals surface area contributed by atoms with Crippen LogP contribution < -0.4 is 5.73 Å². The second-order valence-electron chi connectivity index (χ2n) is 4.68. The fourth-order valence-corrected chi connectivity index (χ4v) is 3.65. The Labute approximate surface area is 120 Å². The summed E-state index contributed by atoms with van der Waals surface area (Å²) in [5.74, 6) is 0. The summed E-state index contributed by atoms with van der Waals surface area (Å²) < 4.78 is 25.1. The second kappa shape index (κ2) is 4.74. The lowest BCUT2D eigenvalue weighted by molar-refractivity contribution is 0.565. The molecular formula is C11H13N5O2S2. The molecule has 9 heteroatoms. The normalized spacial score (nSPS) is 15.4. The van der Waals surface area contributed by atoms with Gasteiger partial charge in [-0.25, -0.2) is 13.1 Å². The number of rotatable bonds is 4. The summed E-state index contributed by atoms with van der Waals surface area (Å²) in [6.45, 7) is 0. The van der Waals surface area contributed by atoms with Crippen LogP contribution in [0, 0.1) is 0 Å². The van der Waals surface area contributed by atoms with Crippen LogP contribution in [0.1, 0.15) is 18.9 Å². The van der Waals surface area contributed by atoms with Crippen molar-refractivity contribution < 1.29 is 8.42 Å². The molecule has 0 amide bonds. The van der Waals surface area contributed by atoms with E-state index < -0.39 is 9.84 Å². The Bertz CT molecular complexity index is 752. The number of hydrogen-bond acceptors (Lipinski definition) is 7. The third-order valence-corrected chi connectivity index (χ3v) is 5.16. The van der Waals surface area contributed by atoms with Crippen molar-refractivity contribution in [3.05, 3.63) is 18.2 Å². The maximum Gasteiger partial charge on any atom is 0.214 e. The van der Waals surface area contributed by atoms with Crippen molar-refractivity contribution in [3.8, 4) is 0 Å². The Morgan fingerprint density at radius 2 is 2.15 bits per heavy atom. The molecule has 1 aromatic heterocycles. The summed E-state index contributed by atoms with van der Waals surface area (Å²) in [4.78, 5) is 0.776. The fourth-order valence-electron chi connectivity index (χ4n) is 1.84. The van der Waals surface area contributed by atoms with Gasteiger partial charge in [0.05, 0.1) is 16.6 Å². The maximum atomic E-state index is 11.7. The summed E-state index contributed by atoms with van der Waals surface area (Å²) in [6, 6.07) is 5.28. The Morgan fingerprint density at radius 3 is 2.80 bits per heavy atom. The van der Waals surface area contributed by atoms with Gasteiger partial charge in [0, 0.05) is 11.2 Å². The minimum atomic E-state index is -3.35. The molecule has 0 bridgehead atoms. The number of hydrogen-bond donors (Lipinski definition) is 1. The lowest BCUT2D eigenvalue weighted by atomic mass is 10.3. The van der Waals surface area contributed by atoms with Crippen LogP contribution in [-0.2, 0) is 9.84 Å². The SMILES string of the molecule is CS(=O)(=O)c1cccc(Sc2nnnn2C2CC2)c1N. The van der Waals surface area contributed by atoms with Crippen molar-refractivity contribution in [2.45, 2.75) is 33.8 Å². The predicted molar refractivity (Wildman–Crippen MR) is 74.2 cm³/mol. The standard InChI is InChI=1S/C11H13N5O2S2/c1-20(17,18)9-4-2-3-8(10(9)12)19-11-13-14-15-16(11)7-5-6-7/h2-4,7H,5-6,12H2,1H3. The lowest BCUT2D eigenvalue weighted by Crippen LogP contribution is -2.04. The second-order valence-corrected chi connectivity index (χ2v) is 7.67. The van der Waals surface area contributed by atoms with E-state index in [1.165, 1.54) is 17.8 Å². The zero-order valence-corrected chi connectivity index (χ0v) is 12.4. The molecule has 20 heavy (non-hydrogen) atoms. The molecule has 0 aliphatic heterocycles. The molecule has 1 aliphatic rings. The van der Waals surface area contributed by atoms with Gasteiger partial charge in [0.1, 0.15) is 0 Å². The smallest absolute Gasteiger partial charge is 0.214 e. The molecule has 1 fully saturated rings. The van der Waals surface area contributed by atoms with Gasteiger partial charge < -0.3 is 5.73 Å². The van der Waals surface area contributed by atoms with Crippen LogP contribution in [0.2, 0.25) is 0 Å². The van der Waals surface area contributed by atoms with E-state index in [4.69, 9.17) is 5.73 Å². The van der Waals surface area contributed by atoms with Crippen molar-refractivity contribution in [2.75, 3.05) is 12.0 Å². The Balaban J connectivity index is 1.97. The topological polar surface area (TPSA) is 104 Å². The Morgan fingerprint density at radius 1 is 1.40 bits per heavy atom. The highest BCUT2D eigenvalue weighted by Crippen LogP contribution is 2.40. The average molecular weight is 311 g/mol. The molecule has 106 valence electrons. The average Bonchev–Trinajstić information content (AvgIpc) is 3.11. The van der Waals surface area contributed by atoms with Crippen LogP contribution in [0.4, 0.5) is 5.69 Å². The molecule has 0 saturated heterocycles. The minimum absolute atomic E-state index is 0.132. The number of benzene rings is 1. The van der Waals surface area contributed by atoms with Crippen molar-refractivity contribution in [3.63, 3.8) is 0 Å². The first-order valence-corrected chi connectivity index (χ1v) is 8.72. The first-order valence-electron chi connectivity index (χ1n) is 6.01. The van der Waals surface area contributed by atoms with Crippen LogP contribution >= 0.6 is 11.8 Å². The molecule has 1 aromatic carbocycles. The number of nitrogens with two attached hydrogens (primary N) is 1. The third-order valence-electron chi connectivity index (χ3n) is 2.98. The minimum Gasteiger partial charge on any atom is -0.397 e. The van der Waals surface area contributed by atoms with Crippen molar-refractivity contribution in [1.29, 1.82) is 0 Å². The molecule has 3 rings (SSSR count). The van der Waals surface area contributed by atoms with Crippen molar-refractivity contribution in [2.24, 2.45) is 0 Å². The molecule has 1 aliphatic carbocycles. The van der Waals surface area contributed by atoms with Crippen LogP contribution in [0.3, 0.4) is 0 Å². The van der Waals surface area contributed by atoms with E-state index in [-0.39, 0.29) is 10.6 Å². The van der Waals surface area contributed by atoms with Gasteiger partial charge in [-0.15, -0.1) is 5.10 Å². The number of nitrogen functional groups attached to an aromatic ring is 1. The predicted octanol–water partition coefficient (Wildman–Crippen LogP) is 1.14. The summed E-state index contributed by atoms with van der Waals surface area (Å²) in [7, 11) is -3.35. The van der Waals surface area contributed by atoms with Crippen LogP contribution in [0.5, 0.6) is 0 Å². The van der Waals surface area contributed by atoms with E-state index in [0.29, 0.717) is 16.1 Å². The highest BCUT2D eigenvalue weighted by atomic mass is 32.2. The Kier molecular flexibility index (Phi) is 3.17.